The van der Waals surface area contributed by atoms with Crippen LogP contribution in [0.2, 0.25) is 0 Å². The number of anilines is 1. The summed E-state index contributed by atoms with van der Waals surface area (Å²) in [6.07, 6.45) is 0. The van der Waals surface area contributed by atoms with Gasteiger partial charge in [0.2, 0.25) is 5.11 Å². The van der Waals surface area contributed by atoms with Gasteiger partial charge in [-0.05, 0) is 51.0 Å². The van der Waals surface area contributed by atoms with E-state index in [0.717, 1.165) is 29.9 Å². The molecular formula is C14H22N4S. The highest BCUT2D eigenvalue weighted by Crippen LogP contribution is 2.19. The molecule has 0 heterocycles. The van der Waals surface area contributed by atoms with Gasteiger partial charge in [0.15, 0.2) is 5.96 Å². The molecule has 104 valence electrons. The first-order valence-corrected chi connectivity index (χ1v) is 6.86. The maximum atomic E-state index is 5.92. The summed E-state index contributed by atoms with van der Waals surface area (Å²) in [4.78, 5) is 6.19. The Hall–Kier alpha value is -1.62. The molecule has 5 heteroatoms. The average Bonchev–Trinajstić information content (AvgIpc) is 2.35. The minimum absolute atomic E-state index is 0.391. The molecule has 0 aliphatic rings. The largest absolute Gasteiger partial charge is 0.369 e. The molecule has 0 aliphatic heterocycles. The lowest BCUT2D eigenvalue weighted by Gasteiger charge is -2.19. The number of benzene rings is 1. The molecule has 19 heavy (non-hydrogen) atoms. The summed E-state index contributed by atoms with van der Waals surface area (Å²) < 4.78 is 0. The third kappa shape index (κ3) is 4.21. The van der Waals surface area contributed by atoms with Gasteiger partial charge in [-0.15, -0.1) is 0 Å². The maximum Gasteiger partial charge on any atom is 0.200 e. The average molecular weight is 278 g/mol. The Labute approximate surface area is 120 Å². The van der Waals surface area contributed by atoms with Gasteiger partial charge < -0.3 is 16.0 Å². The molecule has 3 N–H and O–H groups in total. The van der Waals surface area contributed by atoms with E-state index in [9.17, 15) is 0 Å². The number of nitrogens with one attached hydrogen (secondary N) is 1. The van der Waals surface area contributed by atoms with Crippen LogP contribution in [0.15, 0.2) is 23.2 Å². The first-order chi connectivity index (χ1) is 8.99. The van der Waals surface area contributed by atoms with E-state index in [2.05, 4.69) is 10.3 Å². The molecule has 0 spiro atoms. The summed E-state index contributed by atoms with van der Waals surface area (Å²) in [7, 11) is 0. The summed E-state index contributed by atoms with van der Waals surface area (Å²) in [6.45, 7) is 9.78. The second-order valence-electron chi connectivity index (χ2n) is 4.34. The van der Waals surface area contributed by atoms with Crippen LogP contribution < -0.4 is 11.1 Å². The molecular weight excluding hydrogens is 256 g/mol. The normalized spacial score (nSPS) is 11.3. The lowest BCUT2D eigenvalue weighted by atomic mass is 10.1. The fraction of sp³-hybridized carbons (Fsp3) is 0.429. The van der Waals surface area contributed by atoms with Gasteiger partial charge in [0.05, 0.1) is 0 Å². The Balaban J connectivity index is 2.83. The van der Waals surface area contributed by atoms with E-state index in [-0.39, 0.29) is 0 Å². The second kappa shape index (κ2) is 7.09. The van der Waals surface area contributed by atoms with Crippen LogP contribution in [-0.2, 0) is 0 Å². The molecule has 0 bridgehead atoms. The number of rotatable bonds is 3. The van der Waals surface area contributed by atoms with Crippen molar-refractivity contribution in [3.05, 3.63) is 29.3 Å². The van der Waals surface area contributed by atoms with Gasteiger partial charge in [0.1, 0.15) is 0 Å². The number of nitrogens with two attached hydrogens (primary N) is 1. The Morgan fingerprint density at radius 1 is 1.26 bits per heavy atom. The topological polar surface area (TPSA) is 53.6 Å². The van der Waals surface area contributed by atoms with Gasteiger partial charge in [-0.3, -0.25) is 0 Å². The lowest BCUT2D eigenvalue weighted by molar-refractivity contribution is 0.461. The zero-order valence-corrected chi connectivity index (χ0v) is 12.8. The van der Waals surface area contributed by atoms with E-state index in [4.69, 9.17) is 18.0 Å². The van der Waals surface area contributed by atoms with Crippen LogP contribution in [-0.4, -0.2) is 29.1 Å². The molecule has 0 aliphatic carbocycles. The van der Waals surface area contributed by atoms with Gasteiger partial charge in [0, 0.05) is 18.8 Å². The van der Waals surface area contributed by atoms with Gasteiger partial charge in [-0.1, -0.05) is 18.2 Å². The van der Waals surface area contributed by atoms with Crippen LogP contribution in [0.5, 0.6) is 0 Å². The number of hydrogen-bond acceptors (Lipinski definition) is 1. The number of hydrogen-bond donors (Lipinski definition) is 2. The summed E-state index contributed by atoms with van der Waals surface area (Å²) in [6, 6.07) is 6.09. The number of nitrogens with zero attached hydrogens (tertiary/aromatic N) is 2. The van der Waals surface area contributed by atoms with Crippen LogP contribution >= 0.6 is 12.2 Å². The maximum absolute atomic E-state index is 5.92. The summed E-state index contributed by atoms with van der Waals surface area (Å²) in [5.74, 6) is 0.453. The van der Waals surface area contributed by atoms with Crippen molar-refractivity contribution >= 4 is 29.0 Å². The first kappa shape index (κ1) is 15.4. The Morgan fingerprint density at radius 2 is 1.79 bits per heavy atom. The Bertz CT molecular complexity index is 458. The van der Waals surface area contributed by atoms with Gasteiger partial charge >= 0.3 is 0 Å². The van der Waals surface area contributed by atoms with E-state index in [1.54, 1.807) is 0 Å². The van der Waals surface area contributed by atoms with E-state index in [1.807, 2.05) is 50.8 Å². The van der Waals surface area contributed by atoms with E-state index < -0.39 is 0 Å². The molecule has 1 aromatic rings. The summed E-state index contributed by atoms with van der Waals surface area (Å²) >= 11 is 5.24. The monoisotopic (exact) mass is 278 g/mol. The number of guanidine groups is 1. The lowest BCUT2D eigenvalue weighted by Crippen LogP contribution is -2.38. The predicted octanol–water partition coefficient (Wildman–Crippen LogP) is 2.66. The Kier molecular flexibility index (Phi) is 5.76. The standard InChI is InChI=1S/C14H22N4S/c1-5-18(6-2)13(15)17-14(19)16-12-10(3)8-7-9-11(12)4/h7-9H,5-6H2,1-4H3,(H3,15,16,17,19). The quantitative estimate of drug-likeness (QED) is 0.507. The highest BCUT2D eigenvalue weighted by molar-refractivity contribution is 7.80. The van der Waals surface area contributed by atoms with Crippen LogP contribution in [0.3, 0.4) is 0 Å². The predicted molar refractivity (Wildman–Crippen MR) is 86.7 cm³/mol. The van der Waals surface area contributed by atoms with E-state index in [1.165, 1.54) is 0 Å². The van der Waals surface area contributed by atoms with Gasteiger partial charge in [-0.25, -0.2) is 0 Å². The van der Waals surface area contributed by atoms with Crippen molar-refractivity contribution in [3.63, 3.8) is 0 Å². The number of para-hydroxylation sites is 1. The van der Waals surface area contributed by atoms with Crippen molar-refractivity contribution in [2.75, 3.05) is 18.4 Å². The SMILES string of the molecule is CCN(CC)/C(N)=N\C(=S)Nc1c(C)cccc1C. The van der Waals surface area contributed by atoms with Crippen LogP contribution in [0.25, 0.3) is 0 Å². The molecule has 0 aromatic heterocycles. The second-order valence-corrected chi connectivity index (χ2v) is 4.73. The fourth-order valence-electron chi connectivity index (χ4n) is 1.87. The van der Waals surface area contributed by atoms with Gasteiger partial charge in [0.25, 0.3) is 0 Å². The summed E-state index contributed by atoms with van der Waals surface area (Å²) in [5, 5.41) is 3.54. The third-order valence-electron chi connectivity index (χ3n) is 3.02. The van der Waals surface area contributed by atoms with Crippen molar-refractivity contribution in [1.82, 2.24) is 4.90 Å². The Morgan fingerprint density at radius 3 is 2.26 bits per heavy atom. The highest BCUT2D eigenvalue weighted by Gasteiger charge is 2.06. The first-order valence-electron chi connectivity index (χ1n) is 6.45. The summed E-state index contributed by atoms with van der Waals surface area (Å²) in [5.41, 5.74) is 9.20. The number of aryl methyl sites for hydroxylation is 2. The van der Waals surface area contributed by atoms with Crippen molar-refractivity contribution in [1.29, 1.82) is 0 Å². The molecule has 1 rings (SSSR count). The highest BCUT2D eigenvalue weighted by atomic mass is 32.1. The molecule has 0 unspecified atom stereocenters. The molecule has 1 aromatic carbocycles. The van der Waals surface area contributed by atoms with E-state index in [0.29, 0.717) is 11.1 Å². The molecule has 0 fully saturated rings. The zero-order valence-electron chi connectivity index (χ0n) is 12.0. The minimum atomic E-state index is 0.391. The molecule has 0 amide bonds. The minimum Gasteiger partial charge on any atom is -0.369 e. The number of aliphatic imine (C=N–C) groups is 1. The smallest absolute Gasteiger partial charge is 0.200 e. The van der Waals surface area contributed by atoms with Crippen LogP contribution in [0.1, 0.15) is 25.0 Å². The van der Waals surface area contributed by atoms with Crippen LogP contribution in [0, 0.1) is 13.8 Å². The third-order valence-corrected chi connectivity index (χ3v) is 3.21. The molecule has 0 radical (unpaired) electrons. The van der Waals surface area contributed by atoms with Gasteiger partial charge in [-0.2, -0.15) is 4.99 Å². The van der Waals surface area contributed by atoms with Crippen molar-refractivity contribution < 1.29 is 0 Å². The van der Waals surface area contributed by atoms with Crippen molar-refractivity contribution in [3.8, 4) is 0 Å². The molecule has 0 saturated carbocycles. The zero-order chi connectivity index (χ0) is 14.4. The number of thiocarbonyl (C=S) groups is 1. The van der Waals surface area contributed by atoms with Crippen molar-refractivity contribution in [2.45, 2.75) is 27.7 Å². The van der Waals surface area contributed by atoms with Crippen molar-refractivity contribution in [2.24, 2.45) is 10.7 Å². The molecule has 0 atom stereocenters. The molecule has 0 saturated heterocycles. The fourth-order valence-corrected chi connectivity index (χ4v) is 2.06. The van der Waals surface area contributed by atoms with Crippen LogP contribution in [0.4, 0.5) is 5.69 Å². The molecule has 4 nitrogen and oxygen atoms in total. The van der Waals surface area contributed by atoms with E-state index >= 15 is 0 Å².